The second-order valence-corrected chi connectivity index (χ2v) is 7.56. The highest BCUT2D eigenvalue weighted by Gasteiger charge is 2.36. The summed E-state index contributed by atoms with van der Waals surface area (Å²) in [5, 5.41) is 0. The number of nitrogens with zero attached hydrogens (tertiary/aromatic N) is 2. The Morgan fingerprint density at radius 1 is 1.10 bits per heavy atom. The third kappa shape index (κ3) is 3.28. The first-order chi connectivity index (χ1) is 9.74. The molecule has 2 fully saturated rings. The number of allylic oxidation sites excluding steroid dienone is 2. The number of fused-ring (bicyclic) bond motifs is 1. The Morgan fingerprint density at radius 3 is 2.75 bits per heavy atom. The molecule has 3 atom stereocenters. The van der Waals surface area contributed by atoms with Crippen LogP contribution in [-0.2, 0) is 0 Å². The van der Waals surface area contributed by atoms with E-state index in [1.54, 1.807) is 0 Å². The first kappa shape index (κ1) is 14.6. The summed E-state index contributed by atoms with van der Waals surface area (Å²) in [6.07, 6.45) is 13.1. The van der Waals surface area contributed by atoms with Crippen molar-refractivity contribution in [1.82, 2.24) is 9.80 Å². The van der Waals surface area contributed by atoms with Crippen LogP contribution in [-0.4, -0.2) is 48.1 Å². The molecule has 1 aliphatic carbocycles. The summed E-state index contributed by atoms with van der Waals surface area (Å²) in [6.45, 7) is 10.2. The Labute approximate surface area is 125 Å². The Kier molecular flexibility index (Phi) is 4.83. The number of rotatable bonds is 3. The highest BCUT2D eigenvalue weighted by molar-refractivity contribution is 4.95. The quantitative estimate of drug-likeness (QED) is 0.728. The minimum atomic E-state index is 0.787. The molecular formula is C18H32N2. The van der Waals surface area contributed by atoms with E-state index in [1.807, 2.05) is 0 Å². The van der Waals surface area contributed by atoms with Gasteiger partial charge < -0.3 is 0 Å². The van der Waals surface area contributed by atoms with Gasteiger partial charge in [-0.25, -0.2) is 0 Å². The van der Waals surface area contributed by atoms with Gasteiger partial charge >= 0.3 is 0 Å². The Balaban J connectivity index is 1.64. The second kappa shape index (κ2) is 6.62. The van der Waals surface area contributed by atoms with E-state index in [9.17, 15) is 0 Å². The average molecular weight is 276 g/mol. The van der Waals surface area contributed by atoms with Crippen LogP contribution in [0.5, 0.6) is 0 Å². The lowest BCUT2D eigenvalue weighted by molar-refractivity contribution is -0.0152. The first-order valence-corrected chi connectivity index (χ1v) is 8.87. The molecule has 2 aliphatic heterocycles. The summed E-state index contributed by atoms with van der Waals surface area (Å²) < 4.78 is 0. The lowest BCUT2D eigenvalue weighted by Crippen LogP contribution is -2.61. The first-order valence-electron chi connectivity index (χ1n) is 8.87. The monoisotopic (exact) mass is 276 g/mol. The summed E-state index contributed by atoms with van der Waals surface area (Å²) in [7, 11) is 0. The molecule has 3 aliphatic rings. The van der Waals surface area contributed by atoms with Gasteiger partial charge in [0, 0.05) is 31.7 Å². The zero-order valence-electron chi connectivity index (χ0n) is 13.4. The maximum Gasteiger partial charge on any atom is 0.0247 e. The van der Waals surface area contributed by atoms with E-state index in [2.05, 4.69) is 35.8 Å². The summed E-state index contributed by atoms with van der Waals surface area (Å²) >= 11 is 0. The van der Waals surface area contributed by atoms with Gasteiger partial charge in [-0.3, -0.25) is 9.80 Å². The van der Waals surface area contributed by atoms with E-state index in [1.165, 1.54) is 64.7 Å². The fourth-order valence-electron chi connectivity index (χ4n) is 4.47. The molecule has 0 aromatic carbocycles. The SMILES string of the molecule is CC(C)C1CN2CCCCC2CN1CC1CC=CCC1. The third-order valence-electron chi connectivity index (χ3n) is 5.72. The minimum Gasteiger partial charge on any atom is -0.298 e. The average Bonchev–Trinajstić information content (AvgIpc) is 2.47. The normalized spacial score (nSPS) is 36.2. The topological polar surface area (TPSA) is 6.48 Å². The molecule has 0 spiro atoms. The van der Waals surface area contributed by atoms with Crippen molar-refractivity contribution in [2.45, 2.75) is 64.5 Å². The van der Waals surface area contributed by atoms with E-state index >= 15 is 0 Å². The fraction of sp³-hybridized carbons (Fsp3) is 0.889. The molecule has 3 unspecified atom stereocenters. The molecule has 0 amide bonds. The molecule has 0 radical (unpaired) electrons. The van der Waals surface area contributed by atoms with Gasteiger partial charge in [0.1, 0.15) is 0 Å². The molecule has 0 N–H and O–H groups in total. The summed E-state index contributed by atoms with van der Waals surface area (Å²) in [5.74, 6) is 1.70. The summed E-state index contributed by atoms with van der Waals surface area (Å²) in [4.78, 5) is 5.66. The van der Waals surface area contributed by atoms with Crippen molar-refractivity contribution in [3.63, 3.8) is 0 Å². The predicted octanol–water partition coefficient (Wildman–Crippen LogP) is 3.54. The van der Waals surface area contributed by atoms with Crippen molar-refractivity contribution in [2.75, 3.05) is 26.2 Å². The maximum atomic E-state index is 2.86. The van der Waals surface area contributed by atoms with Crippen LogP contribution in [0, 0.1) is 11.8 Å². The van der Waals surface area contributed by atoms with E-state index in [4.69, 9.17) is 0 Å². The van der Waals surface area contributed by atoms with E-state index in [0.717, 1.165) is 23.9 Å². The summed E-state index contributed by atoms with van der Waals surface area (Å²) in [5.41, 5.74) is 0. The molecule has 0 aromatic heterocycles. The molecular weight excluding hydrogens is 244 g/mol. The van der Waals surface area contributed by atoms with Crippen LogP contribution >= 0.6 is 0 Å². The van der Waals surface area contributed by atoms with Crippen LogP contribution in [0.15, 0.2) is 12.2 Å². The highest BCUT2D eigenvalue weighted by Crippen LogP contribution is 2.29. The lowest BCUT2D eigenvalue weighted by atomic mass is 9.88. The predicted molar refractivity (Wildman–Crippen MR) is 85.9 cm³/mol. The van der Waals surface area contributed by atoms with Gasteiger partial charge in [0.2, 0.25) is 0 Å². The zero-order valence-corrected chi connectivity index (χ0v) is 13.4. The van der Waals surface area contributed by atoms with Crippen molar-refractivity contribution < 1.29 is 0 Å². The number of hydrogen-bond acceptors (Lipinski definition) is 2. The van der Waals surface area contributed by atoms with Gasteiger partial charge in [-0.05, 0) is 50.5 Å². The third-order valence-corrected chi connectivity index (χ3v) is 5.72. The molecule has 0 aromatic rings. The Hall–Kier alpha value is -0.340. The van der Waals surface area contributed by atoms with Crippen molar-refractivity contribution in [1.29, 1.82) is 0 Å². The zero-order chi connectivity index (χ0) is 13.9. The van der Waals surface area contributed by atoms with Crippen molar-refractivity contribution in [2.24, 2.45) is 11.8 Å². The second-order valence-electron chi connectivity index (χ2n) is 7.56. The number of piperazine rings is 1. The molecule has 2 saturated heterocycles. The number of piperidine rings is 1. The van der Waals surface area contributed by atoms with Crippen molar-refractivity contribution in [3.05, 3.63) is 12.2 Å². The Bertz CT molecular complexity index is 336. The molecule has 2 heterocycles. The molecule has 114 valence electrons. The van der Waals surface area contributed by atoms with Crippen molar-refractivity contribution in [3.8, 4) is 0 Å². The standard InChI is InChI=1S/C18H32N2/c1-15(2)18-14-19-11-7-6-10-17(19)13-20(18)12-16-8-4-3-5-9-16/h3-4,15-18H,5-14H2,1-2H3. The van der Waals surface area contributed by atoms with Crippen LogP contribution < -0.4 is 0 Å². The number of hydrogen-bond donors (Lipinski definition) is 0. The van der Waals surface area contributed by atoms with Crippen LogP contribution in [0.2, 0.25) is 0 Å². The smallest absolute Gasteiger partial charge is 0.0247 e. The molecule has 0 bridgehead atoms. The van der Waals surface area contributed by atoms with Gasteiger partial charge in [-0.15, -0.1) is 0 Å². The Morgan fingerprint density at radius 2 is 2.00 bits per heavy atom. The van der Waals surface area contributed by atoms with Crippen LogP contribution in [0.4, 0.5) is 0 Å². The van der Waals surface area contributed by atoms with Gasteiger partial charge in [-0.1, -0.05) is 32.4 Å². The maximum absolute atomic E-state index is 2.86. The molecule has 3 rings (SSSR count). The van der Waals surface area contributed by atoms with Crippen LogP contribution in [0.25, 0.3) is 0 Å². The minimum absolute atomic E-state index is 0.787. The van der Waals surface area contributed by atoms with E-state index in [0.29, 0.717) is 0 Å². The molecule has 0 saturated carbocycles. The fourth-order valence-corrected chi connectivity index (χ4v) is 4.47. The van der Waals surface area contributed by atoms with Gasteiger partial charge in [0.15, 0.2) is 0 Å². The van der Waals surface area contributed by atoms with Gasteiger partial charge in [-0.2, -0.15) is 0 Å². The van der Waals surface area contributed by atoms with Crippen molar-refractivity contribution >= 4 is 0 Å². The molecule has 2 nitrogen and oxygen atoms in total. The van der Waals surface area contributed by atoms with E-state index in [-0.39, 0.29) is 0 Å². The van der Waals surface area contributed by atoms with Crippen LogP contribution in [0.1, 0.15) is 52.4 Å². The largest absolute Gasteiger partial charge is 0.298 e. The van der Waals surface area contributed by atoms with Gasteiger partial charge in [0.05, 0.1) is 0 Å². The molecule has 2 heteroatoms. The lowest BCUT2D eigenvalue weighted by Gasteiger charge is -2.50. The van der Waals surface area contributed by atoms with Crippen LogP contribution in [0.3, 0.4) is 0 Å². The van der Waals surface area contributed by atoms with Gasteiger partial charge in [0.25, 0.3) is 0 Å². The molecule has 20 heavy (non-hydrogen) atoms. The highest BCUT2D eigenvalue weighted by atomic mass is 15.3. The van der Waals surface area contributed by atoms with E-state index < -0.39 is 0 Å². The summed E-state index contributed by atoms with van der Waals surface area (Å²) in [6, 6.07) is 1.65.